The molecule has 2 amide bonds. The van der Waals surface area contributed by atoms with Crippen LogP contribution >= 0.6 is 0 Å². The Hall–Kier alpha value is -1.78. The maximum Gasteiger partial charge on any atom is 0.249 e. The van der Waals surface area contributed by atoms with Crippen LogP contribution in [0, 0.1) is 0 Å². The number of carbonyl (C=O) groups is 2. The fraction of sp³-hybridized carbons (Fsp3) is 0.967. The van der Waals surface area contributed by atoms with E-state index in [2.05, 4.69) is 24.5 Å². The molecule has 0 unspecified atom stereocenters. The summed E-state index contributed by atoms with van der Waals surface area (Å²) in [6.07, 6.45) is 6.56. The van der Waals surface area contributed by atoms with E-state index in [9.17, 15) is 70.9 Å². The van der Waals surface area contributed by atoms with E-state index in [0.29, 0.717) is 12.8 Å². The van der Waals surface area contributed by atoms with Gasteiger partial charge in [0.05, 0.1) is 38.6 Å². The van der Waals surface area contributed by atoms with Crippen LogP contribution in [-0.2, 0) is 38.0 Å². The Morgan fingerprint density at radius 1 is 0.446 bits per heavy atom. The number of ether oxygens (including phenoxy) is 6. The summed E-state index contributed by atoms with van der Waals surface area (Å²) >= 11 is 0. The van der Waals surface area contributed by atoms with Crippen LogP contribution in [0.5, 0.6) is 0 Å². The monoisotopic (exact) mass is 1200 g/mol. The highest BCUT2D eigenvalue weighted by molar-refractivity contribution is 5.80. The smallest absolute Gasteiger partial charge is 0.249 e. The lowest BCUT2D eigenvalue weighted by molar-refractivity contribution is -0.387. The molecule has 3 fully saturated rings. The van der Waals surface area contributed by atoms with Crippen molar-refractivity contribution in [2.24, 2.45) is 0 Å². The van der Waals surface area contributed by atoms with E-state index in [1.54, 1.807) is 0 Å². The molecule has 3 aliphatic rings. The minimum absolute atomic E-state index is 0.122. The van der Waals surface area contributed by atoms with Gasteiger partial charge in [0.25, 0.3) is 0 Å². The van der Waals surface area contributed by atoms with Crippen LogP contribution in [-0.4, -0.2) is 216 Å². The van der Waals surface area contributed by atoms with Crippen LogP contribution in [0.25, 0.3) is 0 Å². The molecule has 22 nitrogen and oxygen atoms in total. The summed E-state index contributed by atoms with van der Waals surface area (Å²) in [7, 11) is 0. The van der Waals surface area contributed by atoms with E-state index in [1.165, 1.54) is 128 Å². The van der Waals surface area contributed by atoms with Crippen molar-refractivity contribution in [2.45, 2.75) is 349 Å². The minimum atomic E-state index is -2.03. The molecule has 0 saturated carbocycles. The molecule has 0 aromatic heterocycles. The molecule has 0 aromatic rings. The van der Waals surface area contributed by atoms with Crippen molar-refractivity contribution in [3.8, 4) is 0 Å². The molecule has 3 rings (SSSR count). The second-order valence-corrected chi connectivity index (χ2v) is 23.9. The number of carbonyl (C=O) groups excluding carboxylic acids is 2. The summed E-state index contributed by atoms with van der Waals surface area (Å²) in [5.41, 5.74) is 0. The highest BCUT2D eigenvalue weighted by Crippen LogP contribution is 2.34. The Morgan fingerprint density at radius 2 is 0.819 bits per heavy atom. The molecule has 0 spiro atoms. The third-order valence-corrected chi connectivity index (χ3v) is 16.8. The highest BCUT2D eigenvalue weighted by atomic mass is 16.8. The predicted octanol–water partition coefficient (Wildman–Crippen LogP) is 4.08. The maximum absolute atomic E-state index is 13.8. The molecule has 3 heterocycles. The van der Waals surface area contributed by atoms with Crippen molar-refractivity contribution in [3.63, 3.8) is 0 Å². The second kappa shape index (κ2) is 44.6. The Bertz CT molecular complexity index is 1630. The Balaban J connectivity index is 1.70. The van der Waals surface area contributed by atoms with E-state index in [4.69, 9.17) is 28.4 Å². The summed E-state index contributed by atoms with van der Waals surface area (Å²) < 4.78 is 36.0. The van der Waals surface area contributed by atoms with Gasteiger partial charge >= 0.3 is 0 Å². The van der Waals surface area contributed by atoms with Crippen LogP contribution < -0.4 is 10.6 Å². The number of aliphatic hydroxyl groups is 12. The first-order valence-corrected chi connectivity index (χ1v) is 32.5. The fourth-order valence-electron chi connectivity index (χ4n) is 11.4. The number of nitrogens with one attached hydrogen (secondary N) is 2. The molecule has 0 aliphatic carbocycles. The number of hydrogen-bond acceptors (Lipinski definition) is 20. The first kappa shape index (κ1) is 75.5. The number of rotatable bonds is 48. The largest absolute Gasteiger partial charge is 0.394 e. The topological polar surface area (TPSA) is 356 Å². The van der Waals surface area contributed by atoms with Crippen molar-refractivity contribution in [1.82, 2.24) is 10.6 Å². The highest BCUT2D eigenvalue weighted by Gasteiger charge is 2.55. The fourth-order valence-corrected chi connectivity index (χ4v) is 11.4. The van der Waals surface area contributed by atoms with Gasteiger partial charge in [0.15, 0.2) is 18.9 Å². The molecule has 19 atom stereocenters. The van der Waals surface area contributed by atoms with Gasteiger partial charge in [0, 0.05) is 6.92 Å². The molecule has 83 heavy (non-hydrogen) atoms. The van der Waals surface area contributed by atoms with Crippen molar-refractivity contribution in [2.75, 3.05) is 26.4 Å². The lowest BCUT2D eigenvalue weighted by Gasteiger charge is -2.49. The van der Waals surface area contributed by atoms with Crippen LogP contribution in [0.3, 0.4) is 0 Å². The average Bonchev–Trinajstić information content (AvgIpc) is 3.61. The molecule has 0 bridgehead atoms. The average molecular weight is 1200 g/mol. The summed E-state index contributed by atoms with van der Waals surface area (Å²) in [5, 5.41) is 136. The van der Waals surface area contributed by atoms with E-state index < -0.39 is 155 Å². The Morgan fingerprint density at radius 3 is 1.25 bits per heavy atom. The Labute approximate surface area is 495 Å². The van der Waals surface area contributed by atoms with Gasteiger partial charge in [0.1, 0.15) is 85.4 Å². The van der Waals surface area contributed by atoms with Gasteiger partial charge in [-0.05, 0) is 12.8 Å². The molecule has 22 heteroatoms. The van der Waals surface area contributed by atoms with Gasteiger partial charge < -0.3 is 100 Å². The molecular weight excluding hydrogens is 1080 g/mol. The van der Waals surface area contributed by atoms with Gasteiger partial charge in [-0.1, -0.05) is 213 Å². The maximum atomic E-state index is 13.8. The van der Waals surface area contributed by atoms with Crippen LogP contribution in [0.1, 0.15) is 233 Å². The zero-order chi connectivity index (χ0) is 60.9. The van der Waals surface area contributed by atoms with Gasteiger partial charge in [-0.25, -0.2) is 0 Å². The third kappa shape index (κ3) is 28.1. The number of aliphatic hydroxyl groups excluding tert-OH is 12. The summed E-state index contributed by atoms with van der Waals surface area (Å²) in [5.74, 6) is -1.56. The zero-order valence-corrected chi connectivity index (χ0v) is 50.8. The molecular formula is C61H116N2O20. The molecule has 490 valence electrons. The van der Waals surface area contributed by atoms with Crippen molar-refractivity contribution in [3.05, 3.63) is 0 Å². The zero-order valence-electron chi connectivity index (χ0n) is 50.8. The minimum Gasteiger partial charge on any atom is -0.394 e. The predicted molar refractivity (Wildman–Crippen MR) is 310 cm³/mol. The summed E-state index contributed by atoms with van der Waals surface area (Å²) in [6, 6.07) is -3.01. The SMILES string of the molecule is CCCCCCCCCCCCCCCCCCCCCCC[C@@H](O)C(=O)N[C@@H](CO[C@H]1O[C@H](CO)[C@H](O)[C@H](O[C@H]2O[C@H](CO)[C@H](O)[C@H](O)[C@H]2NC(C)=O)[C@H]1O[C@H]1O[C@H](CO)[C@@H](O)[C@H](O)[C@H]1O)[C@H](O)[C@H](O)CCCCCCCCCCCC. The van der Waals surface area contributed by atoms with E-state index in [1.807, 2.05) is 0 Å². The van der Waals surface area contributed by atoms with Gasteiger partial charge in [-0.15, -0.1) is 0 Å². The summed E-state index contributed by atoms with van der Waals surface area (Å²) in [6.45, 7) is 2.25. The van der Waals surface area contributed by atoms with E-state index in [0.717, 1.165) is 64.7 Å². The van der Waals surface area contributed by atoms with E-state index >= 15 is 0 Å². The quantitative estimate of drug-likeness (QED) is 0.0382. The van der Waals surface area contributed by atoms with Gasteiger partial charge in [-0.3, -0.25) is 9.59 Å². The van der Waals surface area contributed by atoms with Crippen molar-refractivity contribution >= 4 is 11.8 Å². The molecule has 0 aromatic carbocycles. The first-order valence-electron chi connectivity index (χ1n) is 32.5. The Kier molecular flexibility index (Phi) is 40.6. The molecule has 3 saturated heterocycles. The van der Waals surface area contributed by atoms with Gasteiger partial charge in [-0.2, -0.15) is 0 Å². The van der Waals surface area contributed by atoms with Crippen molar-refractivity contribution in [1.29, 1.82) is 0 Å². The van der Waals surface area contributed by atoms with Gasteiger partial charge in [0.2, 0.25) is 11.8 Å². The van der Waals surface area contributed by atoms with Crippen molar-refractivity contribution < 1.29 is 99.3 Å². The number of hydrogen-bond donors (Lipinski definition) is 14. The van der Waals surface area contributed by atoms with Crippen LogP contribution in [0.15, 0.2) is 0 Å². The molecule has 3 aliphatic heterocycles. The number of amides is 2. The molecule has 0 radical (unpaired) electrons. The van der Waals surface area contributed by atoms with E-state index in [-0.39, 0.29) is 12.8 Å². The first-order chi connectivity index (χ1) is 40.0. The standard InChI is InChI=1S/C61H116N2O20/c1-4-6-8-10-12-14-16-17-18-19-20-21-22-23-24-25-26-28-30-32-34-36-44(69)58(77)63-42(49(70)43(68)35-33-31-29-27-15-13-11-9-7-5-2)40-78-61-57(83-60-55(76)54(75)51(72)46(38-65)80-60)56(52(73)47(39-66)81-61)82-59-48(62-41(3)67)53(74)50(71)45(37-64)79-59/h42-57,59-61,64-66,68-76H,4-40H2,1-3H3,(H,62,67)(H,63,77)/t42-,43+,44+,45+,46+,47+,48+,49-,50-,51+,52-,53+,54-,55+,56-,57+,59+,60+,61-/m0/s1. The van der Waals surface area contributed by atoms with Crippen LogP contribution in [0.4, 0.5) is 0 Å². The summed E-state index contributed by atoms with van der Waals surface area (Å²) in [4.78, 5) is 26.1. The molecule has 14 N–H and O–H groups in total. The second-order valence-electron chi connectivity index (χ2n) is 23.9. The normalized spacial score (nSPS) is 30.0. The third-order valence-electron chi connectivity index (χ3n) is 16.8. The number of unbranched alkanes of at least 4 members (excludes halogenated alkanes) is 29. The lowest BCUT2D eigenvalue weighted by Crippen LogP contribution is -2.69. The lowest BCUT2D eigenvalue weighted by atomic mass is 9.95. The van der Waals surface area contributed by atoms with Crippen LogP contribution in [0.2, 0.25) is 0 Å².